The maximum atomic E-state index is 4.53. The lowest BCUT2D eigenvalue weighted by Gasteiger charge is -2.20. The summed E-state index contributed by atoms with van der Waals surface area (Å²) in [7, 11) is 2.13. The highest BCUT2D eigenvalue weighted by molar-refractivity contribution is 5.79. The molecule has 0 aromatic heterocycles. The fourth-order valence-electron chi connectivity index (χ4n) is 1.17. The maximum absolute atomic E-state index is 4.53. The average Bonchev–Trinajstić information content (AvgIpc) is 2.16. The van der Waals surface area contributed by atoms with Gasteiger partial charge < -0.3 is 15.5 Å². The highest BCUT2D eigenvalue weighted by Crippen LogP contribution is 1.92. The number of hydrogen-bond donors (Lipinski definition) is 2. The fourth-order valence-corrected chi connectivity index (χ4v) is 1.17. The predicted octanol–water partition coefficient (Wildman–Crippen LogP) is 1.29. The Labute approximate surface area is 101 Å². The van der Waals surface area contributed by atoms with Crippen LogP contribution in [-0.2, 0) is 0 Å². The molecule has 0 rings (SSSR count). The number of nitrogens with zero attached hydrogens (tertiary/aromatic N) is 2. The predicted molar refractivity (Wildman–Crippen MR) is 72.0 cm³/mol. The van der Waals surface area contributed by atoms with Gasteiger partial charge in [-0.1, -0.05) is 0 Å². The summed E-state index contributed by atoms with van der Waals surface area (Å²) in [5.74, 6) is 0.912. The van der Waals surface area contributed by atoms with Crippen molar-refractivity contribution < 1.29 is 0 Å². The summed E-state index contributed by atoms with van der Waals surface area (Å²) in [6.45, 7) is 13.4. The standard InChI is InChI=1S/C12H28N4/c1-7-13-12(15-10(2)3)14-8-9-16(6)11(4)5/h10-11H,7-9H2,1-6H3,(H2,13,14,15). The third-order valence-corrected chi connectivity index (χ3v) is 2.37. The molecule has 0 unspecified atom stereocenters. The van der Waals surface area contributed by atoms with Crippen LogP contribution < -0.4 is 10.6 Å². The number of rotatable bonds is 6. The first kappa shape index (κ1) is 15.2. The molecule has 2 N–H and O–H groups in total. The van der Waals surface area contributed by atoms with Crippen molar-refractivity contribution in [3.05, 3.63) is 0 Å². The molecule has 0 aromatic carbocycles. The molecule has 0 atom stereocenters. The largest absolute Gasteiger partial charge is 0.357 e. The van der Waals surface area contributed by atoms with Crippen LogP contribution in [0.2, 0.25) is 0 Å². The first-order valence-corrected chi connectivity index (χ1v) is 6.22. The SMILES string of the molecule is CCNC(=NCCN(C)C(C)C)NC(C)C. The third kappa shape index (κ3) is 7.51. The summed E-state index contributed by atoms with van der Waals surface area (Å²) >= 11 is 0. The molecule has 0 saturated heterocycles. The summed E-state index contributed by atoms with van der Waals surface area (Å²) in [6, 6.07) is 0.997. The smallest absolute Gasteiger partial charge is 0.191 e. The second-order valence-corrected chi connectivity index (χ2v) is 4.63. The molecule has 0 aliphatic heterocycles. The molecule has 0 amide bonds. The van der Waals surface area contributed by atoms with Crippen molar-refractivity contribution in [2.24, 2.45) is 4.99 Å². The van der Waals surface area contributed by atoms with Crippen molar-refractivity contribution in [1.82, 2.24) is 15.5 Å². The van der Waals surface area contributed by atoms with Gasteiger partial charge in [0, 0.05) is 25.2 Å². The Morgan fingerprint density at radius 3 is 2.31 bits per heavy atom. The van der Waals surface area contributed by atoms with Gasteiger partial charge in [0.1, 0.15) is 0 Å². The van der Waals surface area contributed by atoms with Crippen LogP contribution in [0.15, 0.2) is 4.99 Å². The molecule has 0 spiro atoms. The normalized spacial score (nSPS) is 12.7. The van der Waals surface area contributed by atoms with Gasteiger partial charge in [0.05, 0.1) is 6.54 Å². The summed E-state index contributed by atoms with van der Waals surface area (Å²) in [5.41, 5.74) is 0. The topological polar surface area (TPSA) is 39.7 Å². The van der Waals surface area contributed by atoms with Crippen LogP contribution in [-0.4, -0.2) is 49.6 Å². The van der Waals surface area contributed by atoms with Gasteiger partial charge in [0.25, 0.3) is 0 Å². The van der Waals surface area contributed by atoms with Gasteiger partial charge in [-0.05, 0) is 41.7 Å². The summed E-state index contributed by atoms with van der Waals surface area (Å²) < 4.78 is 0. The second-order valence-electron chi connectivity index (χ2n) is 4.63. The average molecular weight is 228 g/mol. The molecule has 4 heteroatoms. The van der Waals surface area contributed by atoms with Crippen molar-refractivity contribution in [1.29, 1.82) is 0 Å². The van der Waals surface area contributed by atoms with Gasteiger partial charge in [-0.15, -0.1) is 0 Å². The van der Waals surface area contributed by atoms with E-state index in [0.717, 1.165) is 25.6 Å². The molecule has 0 aliphatic carbocycles. The van der Waals surface area contributed by atoms with Crippen molar-refractivity contribution in [2.75, 3.05) is 26.7 Å². The molecule has 0 radical (unpaired) electrons. The molecule has 96 valence electrons. The van der Waals surface area contributed by atoms with Crippen molar-refractivity contribution >= 4 is 5.96 Å². The highest BCUT2D eigenvalue weighted by Gasteiger charge is 2.02. The van der Waals surface area contributed by atoms with Crippen LogP contribution in [0.1, 0.15) is 34.6 Å². The molecular weight excluding hydrogens is 200 g/mol. The molecule has 0 fully saturated rings. The van der Waals surface area contributed by atoms with Crippen LogP contribution in [0.3, 0.4) is 0 Å². The number of aliphatic imine (C=N–C) groups is 1. The number of nitrogens with one attached hydrogen (secondary N) is 2. The van der Waals surface area contributed by atoms with Crippen LogP contribution in [0.25, 0.3) is 0 Å². The molecule has 0 saturated carbocycles. The van der Waals surface area contributed by atoms with Crippen molar-refractivity contribution in [3.63, 3.8) is 0 Å². The van der Waals surface area contributed by atoms with E-state index in [-0.39, 0.29) is 0 Å². The molecule has 4 nitrogen and oxygen atoms in total. The zero-order valence-electron chi connectivity index (χ0n) is 11.7. The van der Waals surface area contributed by atoms with E-state index in [2.05, 4.69) is 62.2 Å². The Bertz CT molecular complexity index is 199. The Morgan fingerprint density at radius 1 is 1.25 bits per heavy atom. The number of guanidine groups is 1. The van der Waals surface area contributed by atoms with E-state index >= 15 is 0 Å². The van der Waals surface area contributed by atoms with Crippen LogP contribution >= 0.6 is 0 Å². The van der Waals surface area contributed by atoms with E-state index in [4.69, 9.17) is 0 Å². The van der Waals surface area contributed by atoms with Crippen LogP contribution in [0, 0.1) is 0 Å². The Balaban J connectivity index is 4.02. The maximum Gasteiger partial charge on any atom is 0.191 e. The van der Waals surface area contributed by atoms with Crippen molar-refractivity contribution in [3.8, 4) is 0 Å². The molecule has 0 aromatic rings. The van der Waals surface area contributed by atoms with Gasteiger partial charge in [-0.25, -0.2) is 0 Å². The van der Waals surface area contributed by atoms with E-state index in [1.54, 1.807) is 0 Å². The Hall–Kier alpha value is -0.770. The lowest BCUT2D eigenvalue weighted by Crippen LogP contribution is -2.41. The lowest BCUT2D eigenvalue weighted by molar-refractivity contribution is 0.282. The van der Waals surface area contributed by atoms with Gasteiger partial charge >= 0.3 is 0 Å². The number of likely N-dealkylation sites (N-methyl/N-ethyl adjacent to an activating group) is 1. The third-order valence-electron chi connectivity index (χ3n) is 2.37. The minimum atomic E-state index is 0.417. The molecule has 0 heterocycles. The minimum absolute atomic E-state index is 0.417. The monoisotopic (exact) mass is 228 g/mol. The fraction of sp³-hybridized carbons (Fsp3) is 0.917. The van der Waals surface area contributed by atoms with E-state index in [9.17, 15) is 0 Å². The quantitative estimate of drug-likeness (QED) is 0.531. The van der Waals surface area contributed by atoms with Crippen molar-refractivity contribution in [2.45, 2.75) is 46.7 Å². The summed E-state index contributed by atoms with van der Waals surface area (Å²) in [5, 5.41) is 6.54. The Morgan fingerprint density at radius 2 is 1.88 bits per heavy atom. The number of hydrogen-bond acceptors (Lipinski definition) is 2. The summed E-state index contributed by atoms with van der Waals surface area (Å²) in [4.78, 5) is 6.82. The minimum Gasteiger partial charge on any atom is -0.357 e. The lowest BCUT2D eigenvalue weighted by atomic mass is 10.3. The zero-order chi connectivity index (χ0) is 12.6. The summed E-state index contributed by atoms with van der Waals surface area (Å²) in [6.07, 6.45) is 0. The molecule has 0 aliphatic rings. The van der Waals surface area contributed by atoms with E-state index in [1.165, 1.54) is 0 Å². The van der Waals surface area contributed by atoms with Gasteiger partial charge in [0.2, 0.25) is 0 Å². The van der Waals surface area contributed by atoms with E-state index < -0.39 is 0 Å². The second kappa shape index (κ2) is 8.39. The zero-order valence-corrected chi connectivity index (χ0v) is 11.7. The molecule has 0 bridgehead atoms. The first-order valence-electron chi connectivity index (χ1n) is 6.22. The highest BCUT2D eigenvalue weighted by atomic mass is 15.2. The van der Waals surface area contributed by atoms with Crippen LogP contribution in [0.4, 0.5) is 0 Å². The Kier molecular flexibility index (Phi) is 7.99. The van der Waals surface area contributed by atoms with E-state index in [1.807, 2.05) is 0 Å². The molecular formula is C12H28N4. The van der Waals surface area contributed by atoms with Gasteiger partial charge in [-0.2, -0.15) is 0 Å². The van der Waals surface area contributed by atoms with Crippen LogP contribution in [0.5, 0.6) is 0 Å². The van der Waals surface area contributed by atoms with Gasteiger partial charge in [-0.3, -0.25) is 4.99 Å². The van der Waals surface area contributed by atoms with Gasteiger partial charge in [0.15, 0.2) is 5.96 Å². The molecule has 16 heavy (non-hydrogen) atoms. The first-order chi connectivity index (χ1) is 7.47. The van der Waals surface area contributed by atoms with E-state index in [0.29, 0.717) is 12.1 Å².